The molecule has 0 fully saturated rings. The van der Waals surface area contributed by atoms with Crippen LogP contribution in [0.3, 0.4) is 0 Å². The monoisotopic (exact) mass is 562 g/mol. The van der Waals surface area contributed by atoms with Crippen LogP contribution in [0.4, 0.5) is 4.79 Å². The van der Waals surface area contributed by atoms with E-state index in [1.807, 2.05) is 121 Å². The molecule has 41 heavy (non-hydrogen) atoms. The molecular weight excluding hydrogens is 532 g/mol. The second kappa shape index (κ2) is 13.5. The highest BCUT2D eigenvalue weighted by molar-refractivity contribution is 8.12. The first-order chi connectivity index (χ1) is 20.1. The lowest BCUT2D eigenvalue weighted by Crippen LogP contribution is -2.29. The fourth-order valence-electron chi connectivity index (χ4n) is 4.48. The molecule has 0 atom stereocenters. The lowest BCUT2D eigenvalue weighted by atomic mass is 10.0. The summed E-state index contributed by atoms with van der Waals surface area (Å²) in [7, 11) is 0. The zero-order valence-electron chi connectivity index (χ0n) is 22.6. The normalized spacial score (nSPS) is 10.9. The minimum absolute atomic E-state index is 0.103. The Labute approximate surface area is 243 Å². The van der Waals surface area contributed by atoms with Gasteiger partial charge in [0.2, 0.25) is 5.43 Å². The van der Waals surface area contributed by atoms with Crippen LogP contribution >= 0.6 is 11.8 Å². The molecule has 5 aromatic rings. The first kappa shape index (κ1) is 27.8. The number of rotatable bonds is 10. The van der Waals surface area contributed by atoms with Gasteiger partial charge in [-0.05, 0) is 28.5 Å². The number of hydrogen-bond donors (Lipinski definition) is 1. The van der Waals surface area contributed by atoms with Gasteiger partial charge < -0.3 is 14.9 Å². The van der Waals surface area contributed by atoms with Crippen LogP contribution in [0.5, 0.6) is 5.75 Å². The van der Waals surface area contributed by atoms with Gasteiger partial charge >= 0.3 is 0 Å². The van der Waals surface area contributed by atoms with E-state index in [-0.39, 0.29) is 23.0 Å². The van der Waals surface area contributed by atoms with Crippen LogP contribution in [0.25, 0.3) is 0 Å². The predicted molar refractivity (Wildman–Crippen MR) is 163 cm³/mol. The smallest absolute Gasteiger partial charge is 0.279 e. The first-order valence-corrected chi connectivity index (χ1v) is 14.5. The van der Waals surface area contributed by atoms with Crippen molar-refractivity contribution >= 4 is 17.0 Å². The lowest BCUT2D eigenvalue weighted by molar-refractivity contribution is 0.0512. The van der Waals surface area contributed by atoms with Gasteiger partial charge in [-0.1, -0.05) is 133 Å². The molecule has 1 amide bonds. The van der Waals surface area contributed by atoms with Gasteiger partial charge in [-0.2, -0.15) is 4.73 Å². The Bertz CT molecular complexity index is 1530. The van der Waals surface area contributed by atoms with E-state index in [4.69, 9.17) is 9.57 Å². The van der Waals surface area contributed by atoms with E-state index >= 15 is 0 Å². The number of benzene rings is 4. The highest BCUT2D eigenvalue weighted by atomic mass is 32.2. The van der Waals surface area contributed by atoms with E-state index in [9.17, 15) is 9.59 Å². The number of pyridine rings is 1. The SMILES string of the molecule is CSC(=O)NCc1cc(=O)c(OC(c2ccccc2)c2ccccc2)cn1OC(c1ccccc1)c1ccccc1. The highest BCUT2D eigenvalue weighted by Crippen LogP contribution is 2.28. The van der Waals surface area contributed by atoms with E-state index in [2.05, 4.69) is 5.32 Å². The Morgan fingerprint density at radius 1 is 0.732 bits per heavy atom. The van der Waals surface area contributed by atoms with Gasteiger partial charge in [0.25, 0.3) is 5.24 Å². The van der Waals surface area contributed by atoms with Gasteiger partial charge in [-0.25, -0.2) is 0 Å². The van der Waals surface area contributed by atoms with Gasteiger partial charge in [0.15, 0.2) is 11.9 Å². The third kappa shape index (κ3) is 7.07. The molecule has 1 N–H and O–H groups in total. The molecule has 1 heterocycles. The summed E-state index contributed by atoms with van der Waals surface area (Å²) >= 11 is 1.07. The first-order valence-electron chi connectivity index (χ1n) is 13.2. The molecule has 0 saturated heterocycles. The summed E-state index contributed by atoms with van der Waals surface area (Å²) in [4.78, 5) is 32.1. The molecule has 0 aliphatic heterocycles. The fraction of sp³-hybridized carbons (Fsp3) is 0.118. The van der Waals surface area contributed by atoms with Gasteiger partial charge in [-0.3, -0.25) is 9.59 Å². The number of aromatic nitrogens is 1. The highest BCUT2D eigenvalue weighted by Gasteiger charge is 2.22. The summed E-state index contributed by atoms with van der Waals surface area (Å²) in [6.07, 6.45) is 2.27. The van der Waals surface area contributed by atoms with Gasteiger partial charge in [0, 0.05) is 6.07 Å². The van der Waals surface area contributed by atoms with Crippen LogP contribution in [0.1, 0.15) is 40.2 Å². The molecule has 1 aromatic heterocycles. The third-order valence-corrected chi connectivity index (χ3v) is 7.05. The Morgan fingerprint density at radius 3 is 1.61 bits per heavy atom. The third-order valence-electron chi connectivity index (χ3n) is 6.53. The van der Waals surface area contributed by atoms with Crippen molar-refractivity contribution < 1.29 is 14.4 Å². The van der Waals surface area contributed by atoms with E-state index in [0.717, 1.165) is 34.0 Å². The standard InChI is InChI=1S/C34H30N2O4S/c1-41-34(38)35-23-29-22-30(37)31(39-32(25-14-6-2-7-15-25)26-16-8-3-9-17-26)24-36(29)40-33(27-18-10-4-11-19-27)28-20-12-5-13-21-28/h2-22,24,32-33H,23H2,1H3,(H,35,38). The quantitative estimate of drug-likeness (QED) is 0.203. The second-order valence-corrected chi connectivity index (χ2v) is 10.1. The summed E-state index contributed by atoms with van der Waals surface area (Å²) in [6, 6.07) is 40.7. The number of nitrogens with one attached hydrogen (secondary N) is 1. The zero-order valence-corrected chi connectivity index (χ0v) is 23.4. The molecule has 6 nitrogen and oxygen atoms in total. The minimum atomic E-state index is -0.514. The van der Waals surface area contributed by atoms with Crippen LogP contribution in [-0.2, 0) is 6.54 Å². The van der Waals surface area contributed by atoms with Gasteiger partial charge in [0.05, 0.1) is 18.4 Å². The van der Waals surface area contributed by atoms with Crippen molar-refractivity contribution in [1.82, 2.24) is 10.0 Å². The van der Waals surface area contributed by atoms with Crippen molar-refractivity contribution in [2.75, 3.05) is 6.26 Å². The maximum Gasteiger partial charge on any atom is 0.279 e. The topological polar surface area (TPSA) is 69.6 Å². The maximum absolute atomic E-state index is 13.4. The Hall–Kier alpha value is -4.75. The zero-order chi connectivity index (χ0) is 28.4. The van der Waals surface area contributed by atoms with Crippen LogP contribution in [0.2, 0.25) is 0 Å². The molecule has 0 unspecified atom stereocenters. The average Bonchev–Trinajstić information content (AvgIpc) is 3.04. The van der Waals surface area contributed by atoms with E-state index in [1.165, 1.54) is 10.8 Å². The second-order valence-electron chi connectivity index (χ2n) is 9.29. The number of carbonyl (C=O) groups excluding carboxylic acids is 1. The van der Waals surface area contributed by atoms with Crippen molar-refractivity contribution in [3.8, 4) is 5.75 Å². The Kier molecular flexibility index (Phi) is 9.19. The average molecular weight is 563 g/mol. The molecule has 206 valence electrons. The number of thioether (sulfide) groups is 1. The molecule has 0 aliphatic carbocycles. The molecule has 0 radical (unpaired) electrons. The van der Waals surface area contributed by atoms with E-state index in [0.29, 0.717) is 5.69 Å². The number of nitrogens with zero attached hydrogens (tertiary/aromatic N) is 1. The lowest BCUT2D eigenvalue weighted by Gasteiger charge is -2.25. The summed E-state index contributed by atoms with van der Waals surface area (Å²) in [5.74, 6) is 0.127. The van der Waals surface area contributed by atoms with Crippen LogP contribution in [0, 0.1) is 0 Å². The molecule has 0 spiro atoms. The minimum Gasteiger partial charge on any atom is -0.475 e. The van der Waals surface area contributed by atoms with Crippen LogP contribution < -0.4 is 20.3 Å². The fourth-order valence-corrected chi connectivity index (χ4v) is 4.70. The van der Waals surface area contributed by atoms with Crippen molar-refractivity contribution in [2.24, 2.45) is 0 Å². The molecule has 0 bridgehead atoms. The largest absolute Gasteiger partial charge is 0.475 e. The summed E-state index contributed by atoms with van der Waals surface area (Å²) in [5.41, 5.74) is 3.86. The Morgan fingerprint density at radius 2 is 1.17 bits per heavy atom. The molecule has 7 heteroatoms. The molecule has 0 aliphatic rings. The maximum atomic E-state index is 13.4. The Balaban J connectivity index is 1.57. The van der Waals surface area contributed by atoms with E-state index < -0.39 is 12.2 Å². The van der Waals surface area contributed by atoms with Crippen LogP contribution in [0.15, 0.2) is 138 Å². The van der Waals surface area contributed by atoms with E-state index in [1.54, 1.807) is 12.5 Å². The number of hydrogen-bond acceptors (Lipinski definition) is 5. The summed E-state index contributed by atoms with van der Waals surface area (Å²) < 4.78 is 7.98. The number of carbonyl (C=O) groups is 1. The van der Waals surface area contributed by atoms with Crippen molar-refractivity contribution in [2.45, 2.75) is 18.8 Å². The predicted octanol–water partition coefficient (Wildman–Crippen LogP) is 6.81. The molecule has 4 aromatic carbocycles. The molecule has 5 rings (SSSR count). The number of amides is 1. The van der Waals surface area contributed by atoms with Crippen molar-refractivity contribution in [3.63, 3.8) is 0 Å². The van der Waals surface area contributed by atoms with Crippen LogP contribution in [-0.4, -0.2) is 16.2 Å². The molecular formula is C34H30N2O4S. The van der Waals surface area contributed by atoms with Crippen molar-refractivity contribution in [1.29, 1.82) is 0 Å². The van der Waals surface area contributed by atoms with Crippen molar-refractivity contribution in [3.05, 3.63) is 172 Å². The number of ether oxygens (including phenoxy) is 1. The molecule has 0 saturated carbocycles. The summed E-state index contributed by atoms with van der Waals surface area (Å²) in [6.45, 7) is 0.103. The summed E-state index contributed by atoms with van der Waals surface area (Å²) in [5, 5.41) is 2.62. The van der Waals surface area contributed by atoms with Gasteiger partial charge in [-0.15, -0.1) is 0 Å². The van der Waals surface area contributed by atoms with Gasteiger partial charge in [0.1, 0.15) is 6.10 Å².